The number of amides is 1. The van der Waals surface area contributed by atoms with Gasteiger partial charge < -0.3 is 10.6 Å². The number of anilines is 2. The molecule has 0 aliphatic heterocycles. The van der Waals surface area contributed by atoms with Gasteiger partial charge in [0, 0.05) is 23.2 Å². The summed E-state index contributed by atoms with van der Waals surface area (Å²) in [4.78, 5) is 24.6. The van der Waals surface area contributed by atoms with Gasteiger partial charge in [-0.05, 0) is 38.1 Å². The predicted octanol–water partition coefficient (Wildman–Crippen LogP) is 4.32. The maximum absolute atomic E-state index is 12.6. The summed E-state index contributed by atoms with van der Waals surface area (Å²) in [7, 11) is 0. The molecule has 0 unspecified atom stereocenters. The molecule has 0 bridgehead atoms. The number of carbonyl (C=O) groups excluding carboxylic acids is 2. The molecule has 140 valence electrons. The molecule has 0 spiro atoms. The first-order valence-corrected chi connectivity index (χ1v) is 10.1. The third-order valence-electron chi connectivity index (χ3n) is 3.49. The largest absolute Gasteiger partial charge is 0.360 e. The number of thioether (sulfide) groups is 1. The number of aromatic nitrogens is 2. The number of carbonyl (C=O) groups is 2. The van der Waals surface area contributed by atoms with Crippen LogP contribution in [0.15, 0.2) is 28.6 Å². The lowest BCUT2D eigenvalue weighted by molar-refractivity contribution is -0.123. The number of hydrogen-bond acceptors (Lipinski definition) is 7. The van der Waals surface area contributed by atoms with Crippen molar-refractivity contribution in [1.82, 2.24) is 10.2 Å². The van der Waals surface area contributed by atoms with Crippen LogP contribution >= 0.6 is 23.1 Å². The molecule has 2 aromatic rings. The van der Waals surface area contributed by atoms with Crippen LogP contribution in [0.1, 0.15) is 45.0 Å². The van der Waals surface area contributed by atoms with E-state index in [-0.39, 0.29) is 16.9 Å². The fraction of sp³-hybridized carbons (Fsp3) is 0.444. The molecule has 1 aromatic carbocycles. The number of Topliss-reactive ketones (excluding diaryl/α,β-unsaturated/α-hetero) is 1. The third-order valence-corrected chi connectivity index (χ3v) is 5.55. The van der Waals surface area contributed by atoms with Crippen LogP contribution < -0.4 is 10.6 Å². The van der Waals surface area contributed by atoms with Gasteiger partial charge in [-0.25, -0.2) is 0 Å². The van der Waals surface area contributed by atoms with Crippen molar-refractivity contribution in [1.29, 1.82) is 0 Å². The van der Waals surface area contributed by atoms with Crippen LogP contribution in [0.3, 0.4) is 0 Å². The summed E-state index contributed by atoms with van der Waals surface area (Å²) in [5, 5.41) is 14.6. The van der Waals surface area contributed by atoms with Crippen LogP contribution in [-0.4, -0.2) is 33.7 Å². The van der Waals surface area contributed by atoms with Crippen molar-refractivity contribution in [2.24, 2.45) is 5.41 Å². The predicted molar refractivity (Wildman–Crippen MR) is 108 cm³/mol. The SMILES string of the molecule is CCNc1nnc(S[C@@H](C)C(=O)c2ccc(NC(=O)C(C)(C)C)cc2)s1. The molecule has 1 heterocycles. The van der Waals surface area contributed by atoms with E-state index in [1.54, 1.807) is 24.3 Å². The highest BCUT2D eigenvalue weighted by Crippen LogP contribution is 2.30. The van der Waals surface area contributed by atoms with Gasteiger partial charge in [-0.1, -0.05) is 43.9 Å². The molecule has 0 aliphatic carbocycles. The van der Waals surface area contributed by atoms with Crippen LogP contribution in [0.4, 0.5) is 10.8 Å². The molecular formula is C18H24N4O2S2. The van der Waals surface area contributed by atoms with Crippen molar-refractivity contribution in [2.75, 3.05) is 17.2 Å². The molecule has 1 aromatic heterocycles. The first-order chi connectivity index (χ1) is 12.2. The van der Waals surface area contributed by atoms with Gasteiger partial charge in [-0.3, -0.25) is 9.59 Å². The minimum Gasteiger partial charge on any atom is -0.360 e. The van der Waals surface area contributed by atoms with Crippen molar-refractivity contribution in [3.05, 3.63) is 29.8 Å². The summed E-state index contributed by atoms with van der Waals surface area (Å²) in [5.74, 6) is -0.0443. The van der Waals surface area contributed by atoms with Crippen molar-refractivity contribution < 1.29 is 9.59 Å². The van der Waals surface area contributed by atoms with Crippen molar-refractivity contribution in [3.8, 4) is 0 Å². The van der Waals surface area contributed by atoms with E-state index in [1.807, 2.05) is 34.6 Å². The Kier molecular flexibility index (Phi) is 6.77. The van der Waals surface area contributed by atoms with Crippen LogP contribution in [0.2, 0.25) is 0 Å². The quantitative estimate of drug-likeness (QED) is 0.539. The van der Waals surface area contributed by atoms with Gasteiger partial charge in [0.2, 0.25) is 11.0 Å². The lowest BCUT2D eigenvalue weighted by Gasteiger charge is -2.17. The molecule has 2 N–H and O–H groups in total. The Labute approximate surface area is 162 Å². The summed E-state index contributed by atoms with van der Waals surface area (Å²) in [6, 6.07) is 6.98. The molecule has 26 heavy (non-hydrogen) atoms. The van der Waals surface area contributed by atoms with E-state index >= 15 is 0 Å². The first-order valence-electron chi connectivity index (χ1n) is 8.40. The second-order valence-corrected chi connectivity index (χ2v) is 9.37. The van der Waals surface area contributed by atoms with Gasteiger partial charge in [0.1, 0.15) is 0 Å². The number of nitrogens with one attached hydrogen (secondary N) is 2. The second-order valence-electron chi connectivity index (χ2n) is 6.81. The highest BCUT2D eigenvalue weighted by atomic mass is 32.2. The Morgan fingerprint density at radius 2 is 1.85 bits per heavy atom. The average Bonchev–Trinajstić information content (AvgIpc) is 3.01. The molecule has 0 saturated heterocycles. The summed E-state index contributed by atoms with van der Waals surface area (Å²) >= 11 is 2.84. The number of ketones is 1. The van der Waals surface area contributed by atoms with Crippen LogP contribution in [0.5, 0.6) is 0 Å². The van der Waals surface area contributed by atoms with Crippen LogP contribution in [0, 0.1) is 5.41 Å². The zero-order chi connectivity index (χ0) is 19.3. The fourth-order valence-corrected chi connectivity index (χ4v) is 4.00. The van der Waals surface area contributed by atoms with Crippen molar-refractivity contribution in [3.63, 3.8) is 0 Å². The summed E-state index contributed by atoms with van der Waals surface area (Å²) in [5.41, 5.74) is 0.823. The Hall–Kier alpha value is -1.93. The van der Waals surface area contributed by atoms with Gasteiger partial charge in [0.15, 0.2) is 10.1 Å². The summed E-state index contributed by atoms with van der Waals surface area (Å²) < 4.78 is 0.760. The highest BCUT2D eigenvalue weighted by molar-refractivity contribution is 8.02. The average molecular weight is 393 g/mol. The van der Waals surface area contributed by atoms with E-state index in [2.05, 4.69) is 20.8 Å². The third kappa shape index (κ3) is 5.54. The molecule has 1 amide bonds. The van der Waals surface area contributed by atoms with Crippen LogP contribution in [-0.2, 0) is 4.79 Å². The van der Waals surface area contributed by atoms with Gasteiger partial charge in [0.05, 0.1) is 5.25 Å². The molecular weight excluding hydrogens is 368 g/mol. The van der Waals surface area contributed by atoms with Crippen molar-refractivity contribution >= 4 is 45.6 Å². The van der Waals surface area contributed by atoms with Gasteiger partial charge in [-0.15, -0.1) is 10.2 Å². The second kappa shape index (κ2) is 8.64. The Bertz CT molecular complexity index is 766. The molecule has 2 rings (SSSR count). The number of rotatable bonds is 7. The minimum atomic E-state index is -0.465. The van der Waals surface area contributed by atoms with E-state index in [1.165, 1.54) is 23.1 Å². The minimum absolute atomic E-state index is 0.0175. The zero-order valence-corrected chi connectivity index (χ0v) is 17.3. The molecule has 6 nitrogen and oxygen atoms in total. The van der Waals surface area contributed by atoms with E-state index in [0.717, 1.165) is 16.0 Å². The van der Waals surface area contributed by atoms with Gasteiger partial charge in [-0.2, -0.15) is 0 Å². The van der Waals surface area contributed by atoms with E-state index in [9.17, 15) is 9.59 Å². The molecule has 0 fully saturated rings. The maximum atomic E-state index is 12.6. The number of hydrogen-bond donors (Lipinski definition) is 2. The smallest absolute Gasteiger partial charge is 0.229 e. The van der Waals surface area contributed by atoms with Crippen LogP contribution in [0.25, 0.3) is 0 Å². The molecule has 1 atom stereocenters. The standard InChI is InChI=1S/C18H24N4O2S2/c1-6-19-16-21-22-17(26-16)25-11(2)14(23)12-7-9-13(10-8-12)20-15(24)18(3,4)5/h7-11H,6H2,1-5H3,(H,19,21)(H,20,24)/t11-/m0/s1. The molecule has 0 radical (unpaired) electrons. The van der Waals surface area contributed by atoms with E-state index in [0.29, 0.717) is 11.3 Å². The number of benzene rings is 1. The molecule has 8 heteroatoms. The topological polar surface area (TPSA) is 84.0 Å². The Morgan fingerprint density at radius 1 is 1.19 bits per heavy atom. The first kappa shape index (κ1) is 20.4. The lowest BCUT2D eigenvalue weighted by Crippen LogP contribution is -2.27. The summed E-state index contributed by atoms with van der Waals surface area (Å²) in [6.07, 6.45) is 0. The Balaban J connectivity index is 1.98. The molecule has 0 aliphatic rings. The zero-order valence-electron chi connectivity index (χ0n) is 15.6. The summed E-state index contributed by atoms with van der Waals surface area (Å²) in [6.45, 7) is 10.2. The lowest BCUT2D eigenvalue weighted by atomic mass is 9.95. The number of nitrogens with zero attached hydrogens (tertiary/aromatic N) is 2. The van der Waals surface area contributed by atoms with Crippen molar-refractivity contribution in [2.45, 2.75) is 44.2 Å². The normalized spacial score (nSPS) is 12.5. The van der Waals surface area contributed by atoms with E-state index < -0.39 is 5.41 Å². The highest BCUT2D eigenvalue weighted by Gasteiger charge is 2.22. The monoisotopic (exact) mass is 392 g/mol. The Morgan fingerprint density at radius 3 is 2.42 bits per heavy atom. The van der Waals surface area contributed by atoms with E-state index in [4.69, 9.17) is 0 Å². The fourth-order valence-electron chi connectivity index (χ4n) is 1.96. The maximum Gasteiger partial charge on any atom is 0.229 e. The van der Waals surface area contributed by atoms with Gasteiger partial charge >= 0.3 is 0 Å². The van der Waals surface area contributed by atoms with Gasteiger partial charge in [0.25, 0.3) is 0 Å². The molecule has 0 saturated carbocycles.